The van der Waals surface area contributed by atoms with Crippen LogP contribution in [0.3, 0.4) is 0 Å². The van der Waals surface area contributed by atoms with Crippen molar-refractivity contribution in [1.29, 1.82) is 0 Å². The van der Waals surface area contributed by atoms with Gasteiger partial charge in [-0.05, 0) is 61.2 Å². The van der Waals surface area contributed by atoms with Gasteiger partial charge in [0.1, 0.15) is 12.4 Å². The molecule has 0 radical (unpaired) electrons. The topological polar surface area (TPSA) is 65.7 Å². The molecule has 6 nitrogen and oxygen atoms in total. The summed E-state index contributed by atoms with van der Waals surface area (Å²) in [6.45, 7) is 4.29. The van der Waals surface area contributed by atoms with Gasteiger partial charge in [0, 0.05) is 26.0 Å². The molecule has 0 N–H and O–H groups in total. The third-order valence-corrected chi connectivity index (χ3v) is 8.43. The summed E-state index contributed by atoms with van der Waals surface area (Å²) in [6.07, 6.45) is 9.63. The molecule has 0 amide bonds. The first-order valence-electron chi connectivity index (χ1n) is 13.4. The quantitative estimate of drug-likeness (QED) is 0.134. The second-order valence-electron chi connectivity index (χ2n) is 9.91. The van der Waals surface area contributed by atoms with Crippen molar-refractivity contribution in [2.75, 3.05) is 7.11 Å². The Morgan fingerprint density at radius 2 is 1.88 bits per heavy atom. The maximum Gasteiger partial charge on any atom is 0.282 e. The Bertz CT molecular complexity index is 1620. The van der Waals surface area contributed by atoms with Gasteiger partial charge in [0.2, 0.25) is 0 Å². The zero-order chi connectivity index (χ0) is 28.1. The SMILES string of the molecule is C=CCc1cc(C=Nn2c(C3CCCCC3)nc3ccccc3c2=O)cc(OC)c1OCc1ccc(Br)cc1Br. The molecule has 0 unspecified atom stereocenters. The zero-order valence-electron chi connectivity index (χ0n) is 22.4. The molecule has 0 spiro atoms. The number of allylic oxidation sites excluding steroid dienone is 1. The fourth-order valence-electron chi connectivity index (χ4n) is 5.17. The molecule has 1 heterocycles. The molecule has 40 heavy (non-hydrogen) atoms. The van der Waals surface area contributed by atoms with E-state index in [4.69, 9.17) is 19.6 Å². The lowest BCUT2D eigenvalue weighted by Gasteiger charge is -2.22. The van der Waals surface area contributed by atoms with Crippen molar-refractivity contribution in [3.05, 3.63) is 109 Å². The monoisotopic (exact) mass is 663 g/mol. The van der Waals surface area contributed by atoms with E-state index in [1.807, 2.05) is 60.7 Å². The summed E-state index contributed by atoms with van der Waals surface area (Å²) in [5.74, 6) is 2.19. The highest BCUT2D eigenvalue weighted by molar-refractivity contribution is 9.11. The molecule has 1 fully saturated rings. The van der Waals surface area contributed by atoms with E-state index >= 15 is 0 Å². The molecule has 0 aliphatic heterocycles. The van der Waals surface area contributed by atoms with E-state index in [9.17, 15) is 4.79 Å². The molecule has 8 heteroatoms. The molecule has 4 aromatic rings. The van der Waals surface area contributed by atoms with E-state index in [-0.39, 0.29) is 11.5 Å². The average Bonchev–Trinajstić information content (AvgIpc) is 2.97. The van der Waals surface area contributed by atoms with E-state index in [0.29, 0.717) is 35.4 Å². The van der Waals surface area contributed by atoms with E-state index < -0.39 is 0 Å². The summed E-state index contributed by atoms with van der Waals surface area (Å²) in [5, 5.41) is 5.27. The first kappa shape index (κ1) is 28.3. The highest BCUT2D eigenvalue weighted by Crippen LogP contribution is 2.35. The second-order valence-corrected chi connectivity index (χ2v) is 11.7. The van der Waals surface area contributed by atoms with E-state index in [2.05, 4.69) is 38.4 Å². The summed E-state index contributed by atoms with van der Waals surface area (Å²) in [4.78, 5) is 18.5. The summed E-state index contributed by atoms with van der Waals surface area (Å²) < 4.78 is 15.5. The number of aromatic nitrogens is 2. The molecule has 1 aromatic heterocycles. The highest BCUT2D eigenvalue weighted by Gasteiger charge is 2.22. The number of ether oxygens (including phenoxy) is 2. The second kappa shape index (κ2) is 13.0. The Morgan fingerprint density at radius 1 is 1.07 bits per heavy atom. The van der Waals surface area contributed by atoms with Gasteiger partial charge in [-0.15, -0.1) is 6.58 Å². The Kier molecular flexibility index (Phi) is 9.17. The minimum atomic E-state index is -0.152. The van der Waals surface area contributed by atoms with Crippen LogP contribution in [0, 0.1) is 0 Å². The summed E-state index contributed by atoms with van der Waals surface area (Å²) in [6, 6.07) is 17.3. The molecular weight excluding hydrogens is 634 g/mol. The lowest BCUT2D eigenvalue weighted by Crippen LogP contribution is -2.25. The third-order valence-electron chi connectivity index (χ3n) is 7.20. The van der Waals surface area contributed by atoms with E-state index in [1.165, 1.54) is 11.1 Å². The van der Waals surface area contributed by atoms with Crippen molar-refractivity contribution < 1.29 is 9.47 Å². The molecular formula is C32H31Br2N3O3. The van der Waals surface area contributed by atoms with Crippen LogP contribution in [0.4, 0.5) is 0 Å². The highest BCUT2D eigenvalue weighted by atomic mass is 79.9. The third kappa shape index (κ3) is 6.23. The molecule has 0 atom stereocenters. The minimum absolute atomic E-state index is 0.152. The van der Waals surface area contributed by atoms with Crippen LogP contribution in [0.2, 0.25) is 0 Å². The Hall–Kier alpha value is -3.23. The minimum Gasteiger partial charge on any atom is -0.493 e. The van der Waals surface area contributed by atoms with Gasteiger partial charge in [-0.25, -0.2) is 4.98 Å². The van der Waals surface area contributed by atoms with E-state index in [0.717, 1.165) is 57.1 Å². The van der Waals surface area contributed by atoms with E-state index in [1.54, 1.807) is 13.3 Å². The normalized spacial score (nSPS) is 14.1. The first-order valence-corrected chi connectivity index (χ1v) is 15.0. The number of hydrogen-bond donors (Lipinski definition) is 0. The predicted molar refractivity (Wildman–Crippen MR) is 168 cm³/mol. The lowest BCUT2D eigenvalue weighted by molar-refractivity contribution is 0.281. The smallest absolute Gasteiger partial charge is 0.282 e. The fourth-order valence-corrected chi connectivity index (χ4v) is 6.33. The lowest BCUT2D eigenvalue weighted by atomic mass is 9.88. The fraction of sp³-hybridized carbons (Fsp3) is 0.281. The number of nitrogens with zero attached hydrogens (tertiary/aromatic N) is 3. The Balaban J connectivity index is 1.52. The number of halogens is 2. The van der Waals surface area contributed by atoms with Crippen LogP contribution < -0.4 is 15.0 Å². The molecule has 3 aromatic carbocycles. The van der Waals surface area contributed by atoms with Crippen molar-refractivity contribution in [3.63, 3.8) is 0 Å². The molecule has 1 aliphatic rings. The van der Waals surface area contributed by atoms with Crippen LogP contribution in [-0.2, 0) is 13.0 Å². The average molecular weight is 665 g/mol. The van der Waals surface area contributed by atoms with Crippen LogP contribution in [0.1, 0.15) is 60.5 Å². The van der Waals surface area contributed by atoms with Crippen LogP contribution >= 0.6 is 31.9 Å². The number of benzene rings is 3. The number of fused-ring (bicyclic) bond motifs is 1. The van der Waals surface area contributed by atoms with Crippen LogP contribution in [0.15, 0.2) is 86.1 Å². The number of para-hydroxylation sites is 1. The van der Waals surface area contributed by atoms with Gasteiger partial charge in [0.05, 0.1) is 24.2 Å². The van der Waals surface area contributed by atoms with Gasteiger partial charge in [-0.1, -0.05) is 75.4 Å². The molecule has 0 bridgehead atoms. The van der Waals surface area contributed by atoms with Crippen LogP contribution in [0.5, 0.6) is 11.5 Å². The largest absolute Gasteiger partial charge is 0.493 e. The summed E-state index contributed by atoms with van der Waals surface area (Å²) in [5.41, 5.74) is 3.29. The molecule has 206 valence electrons. The molecule has 1 saturated carbocycles. The van der Waals surface area contributed by atoms with Crippen LogP contribution in [-0.4, -0.2) is 23.0 Å². The van der Waals surface area contributed by atoms with Crippen molar-refractivity contribution >= 4 is 49.0 Å². The number of hydrogen-bond acceptors (Lipinski definition) is 5. The predicted octanol–water partition coefficient (Wildman–Crippen LogP) is 8.17. The van der Waals surface area contributed by atoms with Crippen LogP contribution in [0.25, 0.3) is 10.9 Å². The van der Waals surface area contributed by atoms with Crippen molar-refractivity contribution in [1.82, 2.24) is 9.66 Å². The number of methoxy groups -OCH3 is 1. The zero-order valence-corrected chi connectivity index (χ0v) is 25.6. The molecule has 1 aliphatic carbocycles. The maximum absolute atomic E-state index is 13.6. The Labute approximate surface area is 251 Å². The number of rotatable bonds is 9. The van der Waals surface area contributed by atoms with Gasteiger partial charge in [0.25, 0.3) is 5.56 Å². The first-order chi connectivity index (χ1) is 19.5. The van der Waals surface area contributed by atoms with Gasteiger partial charge in [0.15, 0.2) is 11.5 Å². The van der Waals surface area contributed by atoms with Gasteiger partial charge in [-0.2, -0.15) is 9.78 Å². The molecule has 0 saturated heterocycles. The summed E-state index contributed by atoms with van der Waals surface area (Å²) >= 11 is 7.10. The maximum atomic E-state index is 13.6. The molecule has 5 rings (SSSR count). The van der Waals surface area contributed by atoms with Gasteiger partial charge >= 0.3 is 0 Å². The van der Waals surface area contributed by atoms with Gasteiger partial charge in [-0.3, -0.25) is 4.79 Å². The van der Waals surface area contributed by atoms with Gasteiger partial charge < -0.3 is 9.47 Å². The van der Waals surface area contributed by atoms with Crippen molar-refractivity contribution in [2.24, 2.45) is 5.10 Å². The summed E-state index contributed by atoms with van der Waals surface area (Å²) in [7, 11) is 1.62. The Morgan fingerprint density at radius 3 is 2.62 bits per heavy atom. The van der Waals surface area contributed by atoms with Crippen molar-refractivity contribution in [3.8, 4) is 11.5 Å². The van der Waals surface area contributed by atoms with Crippen molar-refractivity contribution in [2.45, 2.75) is 51.0 Å². The standard InChI is InChI=1S/C32H31Br2N3O3/c1-3-9-23-16-21(17-29(39-2)30(23)40-20-24-14-15-25(33)18-27(24)34)19-35-37-31(22-10-5-4-6-11-22)36-28-13-8-7-12-26(28)32(37)38/h3,7-8,12-19,22H,1,4-6,9-11,20H2,2H3.